The van der Waals surface area contributed by atoms with Gasteiger partial charge in [-0.25, -0.2) is 0 Å². The summed E-state index contributed by atoms with van der Waals surface area (Å²) in [5.74, 6) is 2.95. The van der Waals surface area contributed by atoms with E-state index in [-0.39, 0.29) is 0 Å². The fourth-order valence-corrected chi connectivity index (χ4v) is 2.03. The van der Waals surface area contributed by atoms with Crippen LogP contribution in [0.25, 0.3) is 11.4 Å². The molecule has 0 amide bonds. The van der Waals surface area contributed by atoms with Crippen LogP contribution < -0.4 is 14.8 Å². The Balaban J connectivity index is 2.14. The number of anilines is 1. The maximum atomic E-state index is 5.68. The summed E-state index contributed by atoms with van der Waals surface area (Å²) in [6.07, 6.45) is 0. The number of para-hydroxylation sites is 1. The Morgan fingerprint density at radius 1 is 1.22 bits per heavy atom. The van der Waals surface area contributed by atoms with Crippen molar-refractivity contribution in [1.82, 2.24) is 14.8 Å². The highest BCUT2D eigenvalue weighted by molar-refractivity contribution is 5.70. The van der Waals surface area contributed by atoms with Crippen LogP contribution in [0.5, 0.6) is 11.5 Å². The molecule has 0 unspecified atom stereocenters. The molecule has 0 bridgehead atoms. The summed E-state index contributed by atoms with van der Waals surface area (Å²) in [7, 11) is 3.72. The number of benzene rings is 1. The smallest absolute Gasteiger partial charge is 0.224 e. The lowest BCUT2D eigenvalue weighted by Gasteiger charge is -2.20. The Hall–Kier alpha value is -2.24. The zero-order valence-electron chi connectivity index (χ0n) is 10.3. The van der Waals surface area contributed by atoms with Gasteiger partial charge in [0.05, 0.1) is 5.56 Å². The summed E-state index contributed by atoms with van der Waals surface area (Å²) in [5, 5.41) is 11.2. The fourth-order valence-electron chi connectivity index (χ4n) is 2.03. The maximum Gasteiger partial charge on any atom is 0.224 e. The van der Waals surface area contributed by atoms with E-state index >= 15 is 0 Å². The molecular weight excluding hydrogens is 232 g/mol. The number of rotatable bonds is 2. The molecule has 0 radical (unpaired) electrons. The van der Waals surface area contributed by atoms with Gasteiger partial charge in [0.15, 0.2) is 17.3 Å². The summed E-state index contributed by atoms with van der Waals surface area (Å²) in [6.45, 7) is 1.14. The van der Waals surface area contributed by atoms with Gasteiger partial charge in [0.2, 0.25) is 5.95 Å². The quantitative estimate of drug-likeness (QED) is 0.865. The van der Waals surface area contributed by atoms with Crippen molar-refractivity contribution < 1.29 is 9.47 Å². The highest BCUT2D eigenvalue weighted by atomic mass is 16.6. The standard InChI is InChI=1S/C12H14N4O2/c1-13-12-15-14-11(16(12)2)8-4-3-5-9-10(8)18-7-6-17-9/h3-5H,6-7H2,1-2H3,(H,13,15). The second-order valence-corrected chi connectivity index (χ2v) is 3.99. The van der Waals surface area contributed by atoms with Gasteiger partial charge in [0.25, 0.3) is 0 Å². The monoisotopic (exact) mass is 246 g/mol. The molecule has 0 aliphatic carbocycles. The van der Waals surface area contributed by atoms with E-state index in [2.05, 4.69) is 15.5 Å². The lowest BCUT2D eigenvalue weighted by atomic mass is 10.1. The molecule has 0 spiro atoms. The summed E-state index contributed by atoms with van der Waals surface area (Å²) in [5.41, 5.74) is 0.892. The van der Waals surface area contributed by atoms with Gasteiger partial charge in [-0.15, -0.1) is 10.2 Å². The third-order valence-electron chi connectivity index (χ3n) is 2.91. The molecule has 1 aromatic heterocycles. The molecule has 0 saturated carbocycles. The van der Waals surface area contributed by atoms with Gasteiger partial charge in [-0.3, -0.25) is 4.57 Å². The van der Waals surface area contributed by atoms with Crippen molar-refractivity contribution in [3.8, 4) is 22.9 Å². The second-order valence-electron chi connectivity index (χ2n) is 3.99. The number of hydrogen-bond acceptors (Lipinski definition) is 5. The number of aromatic nitrogens is 3. The van der Waals surface area contributed by atoms with E-state index in [9.17, 15) is 0 Å². The van der Waals surface area contributed by atoms with E-state index in [1.165, 1.54) is 0 Å². The molecule has 0 fully saturated rings. The number of nitrogens with zero attached hydrogens (tertiary/aromatic N) is 3. The molecule has 2 heterocycles. The van der Waals surface area contributed by atoms with Gasteiger partial charge in [-0.2, -0.15) is 0 Å². The number of ether oxygens (including phenoxy) is 2. The Bertz CT molecular complexity index is 579. The van der Waals surface area contributed by atoms with E-state index in [0.717, 1.165) is 22.9 Å². The first-order valence-corrected chi connectivity index (χ1v) is 5.77. The third-order valence-corrected chi connectivity index (χ3v) is 2.91. The molecule has 1 aliphatic rings. The predicted molar refractivity (Wildman–Crippen MR) is 67.0 cm³/mol. The maximum absolute atomic E-state index is 5.68. The van der Waals surface area contributed by atoms with Crippen molar-refractivity contribution in [2.75, 3.05) is 25.6 Å². The Morgan fingerprint density at radius 3 is 2.83 bits per heavy atom. The summed E-state index contributed by atoms with van der Waals surface area (Å²) < 4.78 is 13.1. The van der Waals surface area contributed by atoms with Gasteiger partial charge in [-0.05, 0) is 12.1 Å². The first-order valence-electron chi connectivity index (χ1n) is 5.77. The molecule has 1 aromatic carbocycles. The summed E-state index contributed by atoms with van der Waals surface area (Å²) in [6, 6.07) is 5.78. The number of fused-ring (bicyclic) bond motifs is 1. The molecule has 3 rings (SSSR count). The highest BCUT2D eigenvalue weighted by Gasteiger charge is 2.20. The van der Waals surface area contributed by atoms with Gasteiger partial charge in [0, 0.05) is 14.1 Å². The zero-order chi connectivity index (χ0) is 12.5. The van der Waals surface area contributed by atoms with Crippen LogP contribution in [0.4, 0.5) is 5.95 Å². The minimum absolute atomic E-state index is 0.556. The van der Waals surface area contributed by atoms with Crippen LogP contribution in [-0.4, -0.2) is 35.0 Å². The molecule has 2 aromatic rings. The molecular formula is C12H14N4O2. The van der Waals surface area contributed by atoms with Crippen molar-refractivity contribution in [3.63, 3.8) is 0 Å². The van der Waals surface area contributed by atoms with E-state index in [0.29, 0.717) is 19.2 Å². The second kappa shape index (κ2) is 4.21. The molecule has 6 heteroatoms. The third kappa shape index (κ3) is 1.57. The van der Waals surface area contributed by atoms with Gasteiger partial charge in [0.1, 0.15) is 13.2 Å². The van der Waals surface area contributed by atoms with Crippen LogP contribution in [-0.2, 0) is 7.05 Å². The van der Waals surface area contributed by atoms with Crippen molar-refractivity contribution in [2.24, 2.45) is 7.05 Å². The van der Waals surface area contributed by atoms with E-state index in [1.54, 1.807) is 0 Å². The minimum atomic E-state index is 0.556. The van der Waals surface area contributed by atoms with Crippen molar-refractivity contribution in [2.45, 2.75) is 0 Å². The van der Waals surface area contributed by atoms with Gasteiger partial charge in [-0.1, -0.05) is 6.07 Å². The zero-order valence-corrected chi connectivity index (χ0v) is 10.3. The molecule has 0 atom stereocenters. The summed E-state index contributed by atoms with van der Waals surface area (Å²) in [4.78, 5) is 0. The van der Waals surface area contributed by atoms with Gasteiger partial charge >= 0.3 is 0 Å². The number of hydrogen-bond donors (Lipinski definition) is 1. The molecule has 0 saturated heterocycles. The van der Waals surface area contributed by atoms with E-state index in [4.69, 9.17) is 9.47 Å². The molecule has 1 aliphatic heterocycles. The summed E-state index contributed by atoms with van der Waals surface area (Å²) >= 11 is 0. The predicted octanol–water partition coefficient (Wildman–Crippen LogP) is 1.29. The number of nitrogens with one attached hydrogen (secondary N) is 1. The van der Waals surface area contributed by atoms with E-state index < -0.39 is 0 Å². The Morgan fingerprint density at radius 2 is 2.06 bits per heavy atom. The minimum Gasteiger partial charge on any atom is -0.486 e. The lowest BCUT2D eigenvalue weighted by Crippen LogP contribution is -2.16. The van der Waals surface area contributed by atoms with Crippen LogP contribution in [0.1, 0.15) is 0 Å². The average molecular weight is 246 g/mol. The van der Waals surface area contributed by atoms with Crippen LogP contribution >= 0.6 is 0 Å². The average Bonchev–Trinajstić information content (AvgIpc) is 2.79. The lowest BCUT2D eigenvalue weighted by molar-refractivity contribution is 0.172. The molecule has 94 valence electrons. The van der Waals surface area contributed by atoms with Crippen molar-refractivity contribution >= 4 is 5.95 Å². The Labute approximate surface area is 105 Å². The molecule has 6 nitrogen and oxygen atoms in total. The SMILES string of the molecule is CNc1nnc(-c2cccc3c2OCCO3)n1C. The van der Waals surface area contributed by atoms with Crippen molar-refractivity contribution in [1.29, 1.82) is 0 Å². The Kier molecular flexibility index (Phi) is 2.55. The van der Waals surface area contributed by atoms with Crippen LogP contribution in [0.15, 0.2) is 18.2 Å². The van der Waals surface area contributed by atoms with Crippen LogP contribution in [0, 0.1) is 0 Å². The normalized spacial score (nSPS) is 13.4. The first kappa shape index (κ1) is 10.9. The van der Waals surface area contributed by atoms with Crippen molar-refractivity contribution in [3.05, 3.63) is 18.2 Å². The molecule has 1 N–H and O–H groups in total. The van der Waals surface area contributed by atoms with Crippen LogP contribution in [0.2, 0.25) is 0 Å². The molecule has 18 heavy (non-hydrogen) atoms. The van der Waals surface area contributed by atoms with E-state index in [1.807, 2.05) is 36.9 Å². The fraction of sp³-hybridized carbons (Fsp3) is 0.333. The van der Waals surface area contributed by atoms with Crippen LogP contribution in [0.3, 0.4) is 0 Å². The first-order chi connectivity index (χ1) is 8.81. The van der Waals surface area contributed by atoms with Gasteiger partial charge < -0.3 is 14.8 Å². The topological polar surface area (TPSA) is 61.2 Å². The highest BCUT2D eigenvalue weighted by Crippen LogP contribution is 2.39. The largest absolute Gasteiger partial charge is 0.486 e.